The highest BCUT2D eigenvalue weighted by Crippen LogP contribution is 2.34. The number of rotatable bonds is 5. The van der Waals surface area contributed by atoms with Gasteiger partial charge in [0.05, 0.1) is 18.3 Å². The average molecular weight is 471 g/mol. The van der Waals surface area contributed by atoms with Crippen molar-refractivity contribution in [1.29, 1.82) is 0 Å². The fraction of sp³-hybridized carbons (Fsp3) is 0.148. The molecule has 0 radical (unpaired) electrons. The van der Waals surface area contributed by atoms with E-state index in [4.69, 9.17) is 16.3 Å². The second-order valence-corrected chi connectivity index (χ2v) is 8.54. The van der Waals surface area contributed by atoms with Gasteiger partial charge in [-0.05, 0) is 43.3 Å². The quantitative estimate of drug-likeness (QED) is 0.368. The molecule has 7 heteroatoms. The van der Waals surface area contributed by atoms with Crippen LogP contribution in [0.1, 0.15) is 34.2 Å². The minimum absolute atomic E-state index is 0.162. The highest BCUT2D eigenvalue weighted by molar-refractivity contribution is 6.30. The molecule has 6 nitrogen and oxygen atoms in total. The average Bonchev–Trinajstić information content (AvgIpc) is 2.85. The van der Waals surface area contributed by atoms with E-state index in [2.05, 4.69) is 20.6 Å². The highest BCUT2D eigenvalue weighted by atomic mass is 35.5. The molecule has 1 aliphatic heterocycles. The van der Waals surface area contributed by atoms with Gasteiger partial charge >= 0.3 is 0 Å². The summed E-state index contributed by atoms with van der Waals surface area (Å²) in [5.41, 5.74) is 4.06. The van der Waals surface area contributed by atoms with E-state index < -0.39 is 0 Å². The van der Waals surface area contributed by atoms with Crippen LogP contribution in [0.15, 0.2) is 78.9 Å². The summed E-state index contributed by atoms with van der Waals surface area (Å²) in [7, 11) is 0. The summed E-state index contributed by atoms with van der Waals surface area (Å²) in [6, 6.07) is 24.5. The number of hydrogen-bond donors (Lipinski definition) is 2. The summed E-state index contributed by atoms with van der Waals surface area (Å²) < 4.78 is 5.70. The molecular weight excluding hydrogens is 448 g/mol. The molecule has 0 saturated heterocycles. The van der Waals surface area contributed by atoms with Gasteiger partial charge in [0.2, 0.25) is 0 Å². The number of carbonyl (C=O) groups excluding carboxylic acids is 1. The summed E-state index contributed by atoms with van der Waals surface area (Å²) in [6.07, 6.45) is 0.680. The first-order valence-corrected chi connectivity index (χ1v) is 11.4. The zero-order valence-electron chi connectivity index (χ0n) is 18.6. The minimum Gasteiger partial charge on any atom is -0.493 e. The molecule has 4 aromatic rings. The smallest absolute Gasteiger partial charge is 0.251 e. The van der Waals surface area contributed by atoms with E-state index in [1.807, 2.05) is 73.7 Å². The lowest BCUT2D eigenvalue weighted by Crippen LogP contribution is -2.32. The number of anilines is 2. The lowest BCUT2D eigenvalue weighted by molar-refractivity contribution is 0.0925. The maximum absolute atomic E-state index is 13.1. The number of hydrogen-bond acceptors (Lipinski definition) is 5. The van der Waals surface area contributed by atoms with Gasteiger partial charge in [0.15, 0.2) is 0 Å². The number of carbonyl (C=O) groups is 1. The van der Waals surface area contributed by atoms with E-state index in [-0.39, 0.29) is 11.9 Å². The predicted octanol–water partition coefficient (Wildman–Crippen LogP) is 6.10. The Morgan fingerprint density at radius 1 is 1.00 bits per heavy atom. The van der Waals surface area contributed by atoms with Gasteiger partial charge in [0.1, 0.15) is 17.4 Å². The monoisotopic (exact) mass is 470 g/mol. The summed E-state index contributed by atoms with van der Waals surface area (Å²) >= 11 is 6.17. The summed E-state index contributed by atoms with van der Waals surface area (Å²) in [4.78, 5) is 22.1. The third-order valence-corrected chi connectivity index (χ3v) is 5.86. The van der Waals surface area contributed by atoms with Crippen molar-refractivity contribution in [3.8, 4) is 17.0 Å². The van der Waals surface area contributed by atoms with Crippen LogP contribution in [0.3, 0.4) is 0 Å². The zero-order valence-corrected chi connectivity index (χ0v) is 19.3. The lowest BCUT2D eigenvalue weighted by atomic mass is 10.00. The number of benzene rings is 3. The van der Waals surface area contributed by atoms with Crippen molar-refractivity contribution >= 4 is 29.0 Å². The number of nitrogens with one attached hydrogen (secondary N) is 2. The Morgan fingerprint density at radius 3 is 2.71 bits per heavy atom. The molecule has 1 unspecified atom stereocenters. The van der Waals surface area contributed by atoms with E-state index in [1.165, 1.54) is 0 Å². The van der Waals surface area contributed by atoms with Crippen LogP contribution < -0.4 is 15.4 Å². The number of halogens is 1. The van der Waals surface area contributed by atoms with Crippen LogP contribution in [-0.2, 0) is 0 Å². The van der Waals surface area contributed by atoms with Crippen molar-refractivity contribution in [3.63, 3.8) is 0 Å². The Bertz CT molecular complexity index is 1340. The molecular formula is C27H23ClN4O2. The Kier molecular flexibility index (Phi) is 6.14. The van der Waals surface area contributed by atoms with Crippen molar-refractivity contribution in [1.82, 2.24) is 15.3 Å². The molecule has 1 aromatic heterocycles. The van der Waals surface area contributed by atoms with Gasteiger partial charge in [-0.25, -0.2) is 9.97 Å². The Hall–Kier alpha value is -3.90. The second-order valence-electron chi connectivity index (χ2n) is 8.10. The molecule has 0 bridgehead atoms. The predicted molar refractivity (Wildman–Crippen MR) is 134 cm³/mol. The fourth-order valence-corrected chi connectivity index (χ4v) is 4.21. The van der Waals surface area contributed by atoms with E-state index in [0.29, 0.717) is 35.3 Å². The van der Waals surface area contributed by atoms with Gasteiger partial charge in [-0.2, -0.15) is 0 Å². The van der Waals surface area contributed by atoms with Crippen LogP contribution in [-0.4, -0.2) is 22.5 Å². The van der Waals surface area contributed by atoms with Crippen LogP contribution in [0.4, 0.5) is 11.5 Å². The Labute approximate surface area is 203 Å². The standard InChI is InChI=1S/C27H23ClN4O2/c1-17-29-24(18-6-3-2-4-7-18)16-26(30-17)31-21-9-5-8-19(14-21)27(33)32-23-12-13-34-25-11-10-20(28)15-22(23)25/h2-11,14-16,23H,12-13H2,1H3,(H,32,33)(H,29,30,31). The number of aromatic nitrogens is 2. The highest BCUT2D eigenvalue weighted by Gasteiger charge is 2.24. The van der Waals surface area contributed by atoms with Gasteiger partial charge < -0.3 is 15.4 Å². The maximum atomic E-state index is 13.1. The molecule has 0 aliphatic carbocycles. The molecule has 0 saturated carbocycles. The third-order valence-electron chi connectivity index (χ3n) is 5.62. The van der Waals surface area contributed by atoms with Crippen LogP contribution in [0.25, 0.3) is 11.3 Å². The second kappa shape index (κ2) is 9.53. The topological polar surface area (TPSA) is 76.1 Å². The molecule has 1 atom stereocenters. The van der Waals surface area contributed by atoms with Crippen molar-refractivity contribution < 1.29 is 9.53 Å². The summed E-state index contributed by atoms with van der Waals surface area (Å²) in [5.74, 6) is 1.92. The van der Waals surface area contributed by atoms with Gasteiger partial charge in [0.25, 0.3) is 5.91 Å². The minimum atomic E-state index is -0.162. The van der Waals surface area contributed by atoms with Crippen molar-refractivity contribution in [2.24, 2.45) is 0 Å². The Morgan fingerprint density at radius 2 is 1.85 bits per heavy atom. The maximum Gasteiger partial charge on any atom is 0.251 e. The largest absolute Gasteiger partial charge is 0.493 e. The van der Waals surface area contributed by atoms with Gasteiger partial charge in [-0.3, -0.25) is 4.79 Å². The molecule has 2 heterocycles. The number of amides is 1. The summed E-state index contributed by atoms with van der Waals surface area (Å²) in [6.45, 7) is 2.40. The van der Waals surface area contributed by atoms with Crippen LogP contribution in [0.5, 0.6) is 5.75 Å². The Balaban J connectivity index is 1.34. The third kappa shape index (κ3) is 4.87. The lowest BCUT2D eigenvalue weighted by Gasteiger charge is -2.27. The van der Waals surface area contributed by atoms with Crippen LogP contribution >= 0.6 is 11.6 Å². The first-order valence-electron chi connectivity index (χ1n) is 11.1. The van der Waals surface area contributed by atoms with Gasteiger partial charge in [0, 0.05) is 39.9 Å². The van der Waals surface area contributed by atoms with Crippen molar-refractivity contribution in [2.75, 3.05) is 11.9 Å². The van der Waals surface area contributed by atoms with Crippen molar-refractivity contribution in [3.05, 3.63) is 101 Å². The molecule has 1 aliphatic rings. The van der Waals surface area contributed by atoms with E-state index in [1.54, 1.807) is 12.1 Å². The first-order chi connectivity index (χ1) is 16.5. The molecule has 0 fully saturated rings. The number of nitrogens with zero attached hydrogens (tertiary/aromatic N) is 2. The summed E-state index contributed by atoms with van der Waals surface area (Å²) in [5, 5.41) is 7.04. The zero-order chi connectivity index (χ0) is 23.5. The molecule has 5 rings (SSSR count). The van der Waals surface area contributed by atoms with Crippen LogP contribution in [0, 0.1) is 6.92 Å². The van der Waals surface area contributed by atoms with Gasteiger partial charge in [-0.1, -0.05) is 48.0 Å². The molecule has 3 aromatic carbocycles. The number of fused-ring (bicyclic) bond motifs is 1. The molecule has 0 spiro atoms. The first kappa shape index (κ1) is 21.9. The molecule has 2 N–H and O–H groups in total. The van der Waals surface area contributed by atoms with Crippen LogP contribution in [0.2, 0.25) is 5.02 Å². The molecule has 34 heavy (non-hydrogen) atoms. The van der Waals surface area contributed by atoms with E-state index >= 15 is 0 Å². The number of aryl methyl sites for hydroxylation is 1. The number of ether oxygens (including phenoxy) is 1. The SMILES string of the molecule is Cc1nc(Nc2cccc(C(=O)NC3CCOc4ccc(Cl)cc43)c2)cc(-c2ccccc2)n1. The van der Waals surface area contributed by atoms with E-state index in [9.17, 15) is 4.79 Å². The fourth-order valence-electron chi connectivity index (χ4n) is 4.03. The normalized spacial score (nSPS) is 14.6. The van der Waals surface area contributed by atoms with Gasteiger partial charge in [-0.15, -0.1) is 0 Å². The van der Waals surface area contributed by atoms with E-state index in [0.717, 1.165) is 28.3 Å². The van der Waals surface area contributed by atoms with Crippen molar-refractivity contribution in [2.45, 2.75) is 19.4 Å². The molecule has 1 amide bonds. The molecule has 170 valence electrons.